The molecule has 2 aromatic rings. The predicted molar refractivity (Wildman–Crippen MR) is 98.6 cm³/mol. The quantitative estimate of drug-likeness (QED) is 0.897. The highest BCUT2D eigenvalue weighted by atomic mass is 35.5. The van der Waals surface area contributed by atoms with Crippen molar-refractivity contribution in [1.82, 2.24) is 9.80 Å². The molecule has 25 heavy (non-hydrogen) atoms. The summed E-state index contributed by atoms with van der Waals surface area (Å²) in [5, 5.41) is 2.77. The van der Waals surface area contributed by atoms with Crippen LogP contribution in [0, 0.1) is 5.82 Å². The van der Waals surface area contributed by atoms with Crippen molar-refractivity contribution >= 4 is 23.3 Å². The summed E-state index contributed by atoms with van der Waals surface area (Å²) in [4.78, 5) is 16.4. The van der Waals surface area contributed by atoms with Gasteiger partial charge in [-0.15, -0.1) is 0 Å². The summed E-state index contributed by atoms with van der Waals surface area (Å²) in [6, 6.07) is 14.5. The van der Waals surface area contributed by atoms with Crippen molar-refractivity contribution in [2.24, 2.45) is 0 Å². The van der Waals surface area contributed by atoms with Gasteiger partial charge in [0, 0.05) is 38.4 Å². The molecule has 2 amide bonds. The van der Waals surface area contributed by atoms with Crippen LogP contribution in [0.3, 0.4) is 0 Å². The zero-order valence-corrected chi connectivity index (χ0v) is 14.7. The van der Waals surface area contributed by atoms with Crippen LogP contribution in [-0.2, 0) is 6.42 Å². The topological polar surface area (TPSA) is 35.6 Å². The first-order chi connectivity index (χ1) is 12.1. The molecule has 1 N–H and O–H groups in total. The standard InChI is InChI=1S/C19H21ClFN3O/c20-17-7-6-16(14-18(17)21)22-19(25)24-12-10-23(11-13-24)9-8-15-4-2-1-3-5-15/h1-7,14H,8-13H2,(H,22,25). The molecule has 1 fully saturated rings. The molecule has 1 aliphatic rings. The smallest absolute Gasteiger partial charge is 0.321 e. The van der Waals surface area contributed by atoms with Crippen molar-refractivity contribution in [1.29, 1.82) is 0 Å². The number of hydrogen-bond donors (Lipinski definition) is 1. The van der Waals surface area contributed by atoms with E-state index >= 15 is 0 Å². The van der Waals surface area contributed by atoms with Gasteiger partial charge >= 0.3 is 6.03 Å². The van der Waals surface area contributed by atoms with E-state index in [1.54, 1.807) is 11.0 Å². The van der Waals surface area contributed by atoms with E-state index in [0.29, 0.717) is 18.8 Å². The summed E-state index contributed by atoms with van der Waals surface area (Å²) in [6.45, 7) is 4.00. The first kappa shape index (κ1) is 17.7. The second-order valence-electron chi connectivity index (χ2n) is 6.12. The van der Waals surface area contributed by atoms with Crippen LogP contribution >= 0.6 is 11.6 Å². The van der Waals surface area contributed by atoms with Crippen molar-refractivity contribution in [3.63, 3.8) is 0 Å². The number of carbonyl (C=O) groups is 1. The normalized spacial score (nSPS) is 15.2. The fourth-order valence-corrected chi connectivity index (χ4v) is 3.00. The SMILES string of the molecule is O=C(Nc1ccc(Cl)c(F)c1)N1CCN(CCc2ccccc2)CC1. The number of hydrogen-bond acceptors (Lipinski definition) is 2. The van der Waals surface area contributed by atoms with Crippen LogP contribution in [0.1, 0.15) is 5.56 Å². The molecule has 0 spiro atoms. The average molecular weight is 362 g/mol. The Labute approximate surface area is 152 Å². The Hall–Kier alpha value is -2.11. The number of piperazine rings is 1. The number of carbonyl (C=O) groups excluding carboxylic acids is 1. The third kappa shape index (κ3) is 4.94. The lowest BCUT2D eigenvalue weighted by Gasteiger charge is -2.34. The van der Waals surface area contributed by atoms with Crippen LogP contribution in [0.2, 0.25) is 5.02 Å². The highest BCUT2D eigenvalue weighted by Crippen LogP contribution is 2.19. The van der Waals surface area contributed by atoms with Gasteiger partial charge < -0.3 is 10.2 Å². The number of amides is 2. The fourth-order valence-electron chi connectivity index (χ4n) is 2.88. The molecule has 1 saturated heterocycles. The maximum absolute atomic E-state index is 13.4. The largest absolute Gasteiger partial charge is 0.322 e. The molecule has 1 aliphatic heterocycles. The van der Waals surface area contributed by atoms with Gasteiger partial charge in [0.25, 0.3) is 0 Å². The summed E-state index contributed by atoms with van der Waals surface area (Å²) >= 11 is 5.65. The zero-order chi connectivity index (χ0) is 17.6. The molecule has 1 heterocycles. The molecule has 0 aromatic heterocycles. The van der Waals surface area contributed by atoms with Gasteiger partial charge in [-0.05, 0) is 30.2 Å². The molecule has 3 rings (SSSR count). The molecule has 0 bridgehead atoms. The molecular formula is C19H21ClFN3O. The van der Waals surface area contributed by atoms with E-state index in [1.165, 1.54) is 17.7 Å². The lowest BCUT2D eigenvalue weighted by Crippen LogP contribution is -2.50. The Kier molecular flexibility index (Phi) is 5.89. The Morgan fingerprint density at radius 2 is 1.80 bits per heavy atom. The number of nitrogens with zero attached hydrogens (tertiary/aromatic N) is 2. The van der Waals surface area contributed by atoms with E-state index in [2.05, 4.69) is 34.5 Å². The third-order valence-electron chi connectivity index (χ3n) is 4.39. The summed E-state index contributed by atoms with van der Waals surface area (Å²) in [6.07, 6.45) is 1.01. The second kappa shape index (κ2) is 8.32. The molecule has 4 nitrogen and oxygen atoms in total. The minimum absolute atomic E-state index is 0.0463. The summed E-state index contributed by atoms with van der Waals surface area (Å²) in [5.74, 6) is -0.537. The van der Waals surface area contributed by atoms with Crippen molar-refractivity contribution in [2.45, 2.75) is 6.42 Å². The van der Waals surface area contributed by atoms with Crippen LogP contribution in [0.5, 0.6) is 0 Å². The zero-order valence-electron chi connectivity index (χ0n) is 13.9. The number of urea groups is 1. The predicted octanol–water partition coefficient (Wildman–Crippen LogP) is 3.87. The number of halogens is 2. The first-order valence-electron chi connectivity index (χ1n) is 8.39. The van der Waals surface area contributed by atoms with Crippen molar-refractivity contribution in [2.75, 3.05) is 38.0 Å². The maximum atomic E-state index is 13.4. The highest BCUT2D eigenvalue weighted by Gasteiger charge is 2.21. The Bertz CT molecular complexity index is 718. The lowest BCUT2D eigenvalue weighted by atomic mass is 10.1. The number of rotatable bonds is 4. The number of anilines is 1. The van der Waals surface area contributed by atoms with E-state index in [4.69, 9.17) is 11.6 Å². The lowest BCUT2D eigenvalue weighted by molar-refractivity contribution is 0.148. The molecule has 0 unspecified atom stereocenters. The van der Waals surface area contributed by atoms with Gasteiger partial charge in [0.15, 0.2) is 0 Å². The average Bonchev–Trinajstić information content (AvgIpc) is 2.64. The van der Waals surface area contributed by atoms with E-state index < -0.39 is 5.82 Å². The molecule has 0 saturated carbocycles. The van der Waals surface area contributed by atoms with Gasteiger partial charge in [0.1, 0.15) is 5.82 Å². The van der Waals surface area contributed by atoms with Gasteiger partial charge in [0.05, 0.1) is 5.02 Å². The van der Waals surface area contributed by atoms with E-state index in [0.717, 1.165) is 26.1 Å². The Balaban J connectivity index is 1.45. The van der Waals surface area contributed by atoms with Gasteiger partial charge in [-0.1, -0.05) is 41.9 Å². The van der Waals surface area contributed by atoms with Crippen LogP contribution in [0.4, 0.5) is 14.9 Å². The monoisotopic (exact) mass is 361 g/mol. The highest BCUT2D eigenvalue weighted by molar-refractivity contribution is 6.30. The molecule has 6 heteroatoms. The Morgan fingerprint density at radius 3 is 2.48 bits per heavy atom. The van der Waals surface area contributed by atoms with Crippen LogP contribution in [-0.4, -0.2) is 48.6 Å². The van der Waals surface area contributed by atoms with E-state index in [9.17, 15) is 9.18 Å². The van der Waals surface area contributed by atoms with Crippen molar-refractivity contribution < 1.29 is 9.18 Å². The third-order valence-corrected chi connectivity index (χ3v) is 4.70. The minimum atomic E-state index is -0.537. The second-order valence-corrected chi connectivity index (χ2v) is 6.53. The summed E-state index contributed by atoms with van der Waals surface area (Å²) in [5.41, 5.74) is 1.74. The van der Waals surface area contributed by atoms with Crippen LogP contribution in [0.25, 0.3) is 0 Å². The van der Waals surface area contributed by atoms with Gasteiger partial charge in [-0.25, -0.2) is 9.18 Å². The number of benzene rings is 2. The van der Waals surface area contributed by atoms with Gasteiger partial charge in [-0.3, -0.25) is 4.90 Å². The molecule has 0 aliphatic carbocycles. The Morgan fingerprint density at radius 1 is 1.08 bits per heavy atom. The summed E-state index contributed by atoms with van der Waals surface area (Å²) in [7, 11) is 0. The van der Waals surface area contributed by atoms with Crippen LogP contribution < -0.4 is 5.32 Å². The van der Waals surface area contributed by atoms with Crippen molar-refractivity contribution in [3.8, 4) is 0 Å². The molecular weight excluding hydrogens is 341 g/mol. The molecule has 0 radical (unpaired) electrons. The molecule has 132 valence electrons. The fraction of sp³-hybridized carbons (Fsp3) is 0.316. The van der Waals surface area contributed by atoms with Gasteiger partial charge in [0.2, 0.25) is 0 Å². The molecule has 2 aromatic carbocycles. The van der Waals surface area contributed by atoms with E-state index in [-0.39, 0.29) is 11.1 Å². The molecule has 0 atom stereocenters. The van der Waals surface area contributed by atoms with Gasteiger partial charge in [-0.2, -0.15) is 0 Å². The first-order valence-corrected chi connectivity index (χ1v) is 8.77. The van der Waals surface area contributed by atoms with E-state index in [1.807, 2.05) is 6.07 Å². The minimum Gasteiger partial charge on any atom is -0.322 e. The summed E-state index contributed by atoms with van der Waals surface area (Å²) < 4.78 is 13.4. The maximum Gasteiger partial charge on any atom is 0.321 e. The van der Waals surface area contributed by atoms with Crippen molar-refractivity contribution in [3.05, 3.63) is 64.9 Å². The number of nitrogens with one attached hydrogen (secondary N) is 1. The van der Waals surface area contributed by atoms with Crippen LogP contribution in [0.15, 0.2) is 48.5 Å².